The molecule has 1 amide bonds. The number of carbonyl (C=O) groups excluding carboxylic acids is 1. The maximum Gasteiger partial charge on any atom is 0.261 e. The van der Waals surface area contributed by atoms with Gasteiger partial charge in [0.25, 0.3) is 5.91 Å². The molecule has 0 bridgehead atoms. The minimum atomic E-state index is -0.283. The fourth-order valence-electron chi connectivity index (χ4n) is 2.68. The molecule has 0 saturated heterocycles. The number of nitrogens with one attached hydrogen (secondary N) is 1. The van der Waals surface area contributed by atoms with E-state index in [4.69, 9.17) is 4.74 Å². The van der Waals surface area contributed by atoms with Crippen LogP contribution in [0.4, 0.5) is 4.39 Å². The van der Waals surface area contributed by atoms with Crippen molar-refractivity contribution in [1.82, 2.24) is 5.32 Å². The minimum Gasteiger partial charge on any atom is -0.488 e. The van der Waals surface area contributed by atoms with Gasteiger partial charge in [-0.1, -0.05) is 24.3 Å². The second-order valence-corrected chi connectivity index (χ2v) is 6.61. The van der Waals surface area contributed by atoms with Gasteiger partial charge in [0.15, 0.2) is 0 Å². The summed E-state index contributed by atoms with van der Waals surface area (Å²) in [4.78, 5) is 14.1. The van der Waals surface area contributed by atoms with Crippen LogP contribution >= 0.6 is 11.3 Å². The summed E-state index contributed by atoms with van der Waals surface area (Å²) in [6.45, 7) is 0.850. The van der Waals surface area contributed by atoms with Gasteiger partial charge in [0.05, 0.1) is 4.88 Å². The molecule has 0 fully saturated rings. The maximum atomic E-state index is 12.9. The molecule has 5 heteroatoms. The van der Waals surface area contributed by atoms with Crippen molar-refractivity contribution in [1.29, 1.82) is 0 Å². The molecule has 3 nitrogen and oxygen atoms in total. The number of carbonyl (C=O) groups is 1. The lowest BCUT2D eigenvalue weighted by molar-refractivity contribution is 0.0955. The zero-order chi connectivity index (χ0) is 16.5. The SMILES string of the molecule is O=C(NCc1ccc(F)cc1)c1cc2c(s1)-c1ccccc1OC2. The predicted molar refractivity (Wildman–Crippen MR) is 91.7 cm³/mol. The average molecular weight is 339 g/mol. The zero-order valence-corrected chi connectivity index (χ0v) is 13.5. The van der Waals surface area contributed by atoms with Gasteiger partial charge in [0, 0.05) is 22.5 Å². The summed E-state index contributed by atoms with van der Waals surface area (Å²) in [6, 6.07) is 15.8. The molecule has 2 heterocycles. The zero-order valence-electron chi connectivity index (χ0n) is 12.7. The molecule has 120 valence electrons. The average Bonchev–Trinajstić information content (AvgIpc) is 3.06. The van der Waals surface area contributed by atoms with E-state index in [2.05, 4.69) is 5.32 Å². The van der Waals surface area contributed by atoms with Gasteiger partial charge in [0.2, 0.25) is 0 Å². The van der Waals surface area contributed by atoms with Gasteiger partial charge in [0.1, 0.15) is 18.2 Å². The first kappa shape index (κ1) is 14.9. The first-order valence-corrected chi connectivity index (χ1v) is 8.40. The molecule has 3 aromatic rings. The van der Waals surface area contributed by atoms with Crippen molar-refractivity contribution in [3.05, 3.63) is 76.4 Å². The van der Waals surface area contributed by atoms with Gasteiger partial charge < -0.3 is 10.1 Å². The Morgan fingerprint density at radius 3 is 2.79 bits per heavy atom. The molecule has 1 aliphatic rings. The van der Waals surface area contributed by atoms with Gasteiger partial charge in [-0.3, -0.25) is 4.79 Å². The molecule has 1 aliphatic heterocycles. The maximum absolute atomic E-state index is 12.9. The molecule has 4 rings (SSSR count). The van der Waals surface area contributed by atoms with Crippen molar-refractivity contribution < 1.29 is 13.9 Å². The smallest absolute Gasteiger partial charge is 0.261 e. The second-order valence-electron chi connectivity index (χ2n) is 5.56. The highest BCUT2D eigenvalue weighted by Crippen LogP contribution is 2.42. The lowest BCUT2D eigenvalue weighted by atomic mass is 10.1. The van der Waals surface area contributed by atoms with Crippen LogP contribution in [0.3, 0.4) is 0 Å². The molecule has 24 heavy (non-hydrogen) atoms. The van der Waals surface area contributed by atoms with Gasteiger partial charge in [-0.05, 0) is 35.9 Å². The summed E-state index contributed by atoms with van der Waals surface area (Å²) in [5.41, 5.74) is 2.92. The number of amides is 1. The lowest BCUT2D eigenvalue weighted by Crippen LogP contribution is -2.21. The standard InChI is InChI=1S/C19H14FNO2S/c20-14-7-5-12(6-8-14)10-21-19(22)17-9-13-11-23-16-4-2-1-3-15(16)18(13)24-17/h1-9H,10-11H2,(H,21,22). The third-order valence-electron chi connectivity index (χ3n) is 3.91. The van der Waals surface area contributed by atoms with Crippen LogP contribution in [-0.2, 0) is 13.2 Å². The van der Waals surface area contributed by atoms with Crippen LogP contribution in [0, 0.1) is 5.82 Å². The topological polar surface area (TPSA) is 38.3 Å². The molecule has 1 N–H and O–H groups in total. The van der Waals surface area contributed by atoms with Crippen molar-refractivity contribution in [2.45, 2.75) is 13.2 Å². The Hall–Kier alpha value is -2.66. The van der Waals surface area contributed by atoms with Crippen molar-refractivity contribution in [2.75, 3.05) is 0 Å². The lowest BCUT2D eigenvalue weighted by Gasteiger charge is -2.16. The molecule has 2 aromatic carbocycles. The van der Waals surface area contributed by atoms with E-state index in [9.17, 15) is 9.18 Å². The molecule has 0 spiro atoms. The van der Waals surface area contributed by atoms with E-state index in [1.165, 1.54) is 23.5 Å². The second kappa shape index (κ2) is 6.09. The number of ether oxygens (including phenoxy) is 1. The highest BCUT2D eigenvalue weighted by Gasteiger charge is 2.22. The summed E-state index contributed by atoms with van der Waals surface area (Å²) in [6.07, 6.45) is 0. The monoisotopic (exact) mass is 339 g/mol. The normalized spacial score (nSPS) is 12.0. The Labute approximate surface area is 142 Å². The number of hydrogen-bond acceptors (Lipinski definition) is 3. The van der Waals surface area contributed by atoms with Crippen LogP contribution in [0.5, 0.6) is 5.75 Å². The first-order chi connectivity index (χ1) is 11.7. The van der Waals surface area contributed by atoms with E-state index >= 15 is 0 Å². The summed E-state index contributed by atoms with van der Waals surface area (Å²) in [5, 5.41) is 2.88. The summed E-state index contributed by atoms with van der Waals surface area (Å²) in [5.74, 6) is 0.441. The summed E-state index contributed by atoms with van der Waals surface area (Å²) >= 11 is 1.47. The fraction of sp³-hybridized carbons (Fsp3) is 0.105. The highest BCUT2D eigenvalue weighted by atomic mass is 32.1. The Balaban J connectivity index is 1.52. The fourth-order valence-corrected chi connectivity index (χ4v) is 3.80. The van der Waals surface area contributed by atoms with Gasteiger partial charge in [-0.25, -0.2) is 4.39 Å². The summed E-state index contributed by atoms with van der Waals surface area (Å²) in [7, 11) is 0. The van der Waals surface area contributed by atoms with E-state index in [1.54, 1.807) is 12.1 Å². The quantitative estimate of drug-likeness (QED) is 0.769. The van der Waals surface area contributed by atoms with Crippen molar-refractivity contribution in [3.63, 3.8) is 0 Å². The van der Waals surface area contributed by atoms with E-state index in [-0.39, 0.29) is 11.7 Å². The van der Waals surface area contributed by atoms with Crippen LogP contribution in [0.1, 0.15) is 20.8 Å². The molecule has 1 aromatic heterocycles. The summed E-state index contributed by atoms with van der Waals surface area (Å²) < 4.78 is 18.6. The molecule has 0 aliphatic carbocycles. The Bertz CT molecular complexity index is 902. The predicted octanol–water partition coefficient (Wildman–Crippen LogP) is 4.38. The number of rotatable bonds is 3. The molecule has 0 unspecified atom stereocenters. The molecule has 0 radical (unpaired) electrons. The van der Waals surface area contributed by atoms with Crippen LogP contribution in [0.15, 0.2) is 54.6 Å². The number of para-hydroxylation sites is 1. The third kappa shape index (κ3) is 2.78. The van der Waals surface area contributed by atoms with Crippen LogP contribution in [0.25, 0.3) is 10.4 Å². The molecule has 0 saturated carbocycles. The Kier molecular flexibility index (Phi) is 3.78. The highest BCUT2D eigenvalue weighted by molar-refractivity contribution is 7.17. The third-order valence-corrected chi connectivity index (χ3v) is 5.12. The van der Waals surface area contributed by atoms with Crippen molar-refractivity contribution in [2.24, 2.45) is 0 Å². The minimum absolute atomic E-state index is 0.129. The Morgan fingerprint density at radius 2 is 1.96 bits per heavy atom. The number of fused-ring (bicyclic) bond motifs is 3. The number of thiophene rings is 1. The Morgan fingerprint density at radius 1 is 1.17 bits per heavy atom. The van der Waals surface area contributed by atoms with Crippen LogP contribution in [-0.4, -0.2) is 5.91 Å². The van der Waals surface area contributed by atoms with Gasteiger partial charge in [-0.2, -0.15) is 0 Å². The van der Waals surface area contributed by atoms with Crippen molar-refractivity contribution in [3.8, 4) is 16.2 Å². The van der Waals surface area contributed by atoms with E-state index in [1.807, 2.05) is 30.3 Å². The molecular weight excluding hydrogens is 325 g/mol. The number of halogens is 1. The largest absolute Gasteiger partial charge is 0.488 e. The first-order valence-electron chi connectivity index (χ1n) is 7.58. The van der Waals surface area contributed by atoms with Gasteiger partial charge >= 0.3 is 0 Å². The van der Waals surface area contributed by atoms with E-state index in [0.29, 0.717) is 18.0 Å². The van der Waals surface area contributed by atoms with Gasteiger partial charge in [-0.15, -0.1) is 11.3 Å². The van der Waals surface area contributed by atoms with E-state index in [0.717, 1.165) is 27.3 Å². The van der Waals surface area contributed by atoms with Crippen molar-refractivity contribution >= 4 is 17.2 Å². The van der Waals surface area contributed by atoms with Crippen LogP contribution in [0.2, 0.25) is 0 Å². The molecular formula is C19H14FNO2S. The molecule has 0 atom stereocenters. The van der Waals surface area contributed by atoms with E-state index < -0.39 is 0 Å². The number of hydrogen-bond donors (Lipinski definition) is 1. The van der Waals surface area contributed by atoms with Crippen LogP contribution < -0.4 is 10.1 Å². The number of benzene rings is 2.